The molecule has 2 heterocycles. The van der Waals surface area contributed by atoms with Crippen molar-refractivity contribution in [2.75, 3.05) is 19.1 Å². The minimum atomic E-state index is -0.423. The zero-order chi connectivity index (χ0) is 20.3. The van der Waals surface area contributed by atoms with E-state index in [1.165, 1.54) is 24.1 Å². The van der Waals surface area contributed by atoms with Crippen LogP contribution in [0.2, 0.25) is 0 Å². The molecule has 1 atom stereocenters. The lowest BCUT2D eigenvalue weighted by Gasteiger charge is -2.28. The molecule has 3 aromatic rings. The first-order chi connectivity index (χ1) is 13.4. The van der Waals surface area contributed by atoms with Crippen LogP contribution >= 0.6 is 0 Å². The van der Waals surface area contributed by atoms with E-state index in [-0.39, 0.29) is 29.7 Å². The van der Waals surface area contributed by atoms with Crippen LogP contribution in [0.1, 0.15) is 34.6 Å². The smallest absolute Gasteiger partial charge is 0.297 e. The molecule has 0 aliphatic rings. The first kappa shape index (κ1) is 19.3. The van der Waals surface area contributed by atoms with Crippen molar-refractivity contribution in [1.82, 2.24) is 14.7 Å². The molecule has 0 aliphatic heterocycles. The Balaban J connectivity index is 2.03. The van der Waals surface area contributed by atoms with Crippen LogP contribution in [0.5, 0.6) is 5.75 Å². The number of rotatable bonds is 7. The number of Topliss-reactive ketones (excluding diaryl/α,β-unsaturated/α-hetero) is 1. The maximum absolute atomic E-state index is 12.8. The number of benzene rings is 1. The van der Waals surface area contributed by atoms with Crippen LogP contribution in [0, 0.1) is 0 Å². The number of ketones is 1. The summed E-state index contributed by atoms with van der Waals surface area (Å²) >= 11 is 0. The topological polar surface area (TPSA) is 90.5 Å². The number of carbonyl (C=O) groups is 1. The van der Waals surface area contributed by atoms with E-state index in [4.69, 9.17) is 9.26 Å². The molecular weight excluding hydrogens is 360 g/mol. The lowest BCUT2D eigenvalue weighted by atomic mass is 10.1. The molecule has 2 aromatic heterocycles. The molecule has 0 N–H and O–H groups in total. The predicted octanol–water partition coefficient (Wildman–Crippen LogP) is 2.40. The molecule has 146 valence electrons. The van der Waals surface area contributed by atoms with Crippen LogP contribution in [-0.2, 0) is 13.5 Å². The van der Waals surface area contributed by atoms with Gasteiger partial charge < -0.3 is 14.2 Å². The van der Waals surface area contributed by atoms with Crippen molar-refractivity contribution < 1.29 is 14.1 Å². The number of anilines is 1. The Hall–Kier alpha value is -3.42. The Labute approximate surface area is 162 Å². The van der Waals surface area contributed by atoms with E-state index in [1.807, 2.05) is 49.2 Å². The van der Waals surface area contributed by atoms with E-state index in [2.05, 4.69) is 10.1 Å². The average molecular weight is 382 g/mol. The van der Waals surface area contributed by atoms with Gasteiger partial charge in [-0.05, 0) is 12.5 Å². The summed E-state index contributed by atoms with van der Waals surface area (Å²) in [6.07, 6.45) is 2.85. The van der Waals surface area contributed by atoms with Crippen LogP contribution in [0.15, 0.2) is 52.1 Å². The molecule has 28 heavy (non-hydrogen) atoms. The van der Waals surface area contributed by atoms with Crippen molar-refractivity contribution in [3.05, 3.63) is 70.0 Å². The number of nitrogens with zero attached hydrogens (tertiary/aromatic N) is 4. The van der Waals surface area contributed by atoms with Crippen LogP contribution < -0.4 is 15.2 Å². The molecule has 0 spiro atoms. The lowest BCUT2D eigenvalue weighted by Crippen LogP contribution is -2.33. The summed E-state index contributed by atoms with van der Waals surface area (Å²) in [4.78, 5) is 31.9. The monoisotopic (exact) mass is 382 g/mol. The van der Waals surface area contributed by atoms with Crippen LogP contribution in [0.3, 0.4) is 0 Å². The number of ether oxygens (including phenoxy) is 1. The molecule has 0 radical (unpaired) electrons. The van der Waals surface area contributed by atoms with Crippen LogP contribution in [0.25, 0.3) is 0 Å². The summed E-state index contributed by atoms with van der Waals surface area (Å²) in [6.45, 7) is 2.00. The molecule has 0 aliphatic carbocycles. The van der Waals surface area contributed by atoms with Gasteiger partial charge in [0.15, 0.2) is 11.5 Å². The molecule has 0 fully saturated rings. The van der Waals surface area contributed by atoms with Gasteiger partial charge in [-0.3, -0.25) is 14.2 Å². The Bertz CT molecular complexity index is 1010. The van der Waals surface area contributed by atoms with Gasteiger partial charge in [0.05, 0.1) is 19.3 Å². The molecule has 0 unspecified atom stereocenters. The largest absolute Gasteiger partial charge is 0.489 e. The minimum Gasteiger partial charge on any atom is -0.489 e. The first-order valence-electron chi connectivity index (χ1n) is 8.78. The van der Waals surface area contributed by atoms with E-state index in [1.54, 1.807) is 7.05 Å². The highest BCUT2D eigenvalue weighted by molar-refractivity contribution is 5.98. The zero-order valence-corrected chi connectivity index (χ0v) is 16.2. The standard InChI is InChI=1S/C20H22N4O4/c1-13(15-8-6-5-7-9-15)23(2)20-22-17(18(27-4)19(26)24(20)3)16(25)10-14-11-21-28-12-14/h5-9,11-13H,10H2,1-4H3/t13-/m0/s1. The van der Waals surface area contributed by atoms with Crippen molar-refractivity contribution >= 4 is 11.7 Å². The van der Waals surface area contributed by atoms with Gasteiger partial charge in [0.25, 0.3) is 5.56 Å². The average Bonchev–Trinajstić information content (AvgIpc) is 3.22. The first-order valence-corrected chi connectivity index (χ1v) is 8.78. The van der Waals surface area contributed by atoms with Gasteiger partial charge in [-0.15, -0.1) is 0 Å². The fourth-order valence-corrected chi connectivity index (χ4v) is 2.97. The molecule has 3 rings (SSSR count). The summed E-state index contributed by atoms with van der Waals surface area (Å²) in [6, 6.07) is 9.79. The predicted molar refractivity (Wildman–Crippen MR) is 104 cm³/mol. The highest BCUT2D eigenvalue weighted by Gasteiger charge is 2.25. The fourth-order valence-electron chi connectivity index (χ4n) is 2.97. The zero-order valence-electron chi connectivity index (χ0n) is 16.2. The number of methoxy groups -OCH3 is 1. The van der Waals surface area contributed by atoms with E-state index < -0.39 is 5.56 Å². The second kappa shape index (κ2) is 8.08. The maximum Gasteiger partial charge on any atom is 0.297 e. The lowest BCUT2D eigenvalue weighted by molar-refractivity contribution is 0.0984. The molecule has 8 nitrogen and oxygen atoms in total. The third-order valence-corrected chi connectivity index (χ3v) is 4.72. The van der Waals surface area contributed by atoms with Crippen molar-refractivity contribution in [2.24, 2.45) is 7.05 Å². The van der Waals surface area contributed by atoms with Gasteiger partial charge in [0.2, 0.25) is 11.7 Å². The third-order valence-electron chi connectivity index (χ3n) is 4.72. The van der Waals surface area contributed by atoms with Gasteiger partial charge >= 0.3 is 0 Å². The molecular formula is C20H22N4O4. The molecule has 0 bridgehead atoms. The van der Waals surface area contributed by atoms with Gasteiger partial charge in [0, 0.05) is 26.1 Å². The van der Waals surface area contributed by atoms with Crippen molar-refractivity contribution in [3.63, 3.8) is 0 Å². The highest BCUT2D eigenvalue weighted by Crippen LogP contribution is 2.25. The van der Waals surface area contributed by atoms with Gasteiger partial charge in [-0.1, -0.05) is 35.5 Å². The molecule has 1 aromatic carbocycles. The summed E-state index contributed by atoms with van der Waals surface area (Å²) in [5.74, 6) is -0.0518. The maximum atomic E-state index is 12.8. The molecule has 8 heteroatoms. The Morgan fingerprint density at radius 2 is 2.04 bits per heavy atom. The van der Waals surface area contributed by atoms with E-state index >= 15 is 0 Å². The summed E-state index contributed by atoms with van der Waals surface area (Å²) < 4.78 is 11.4. The van der Waals surface area contributed by atoms with Crippen molar-refractivity contribution in [2.45, 2.75) is 19.4 Å². The third kappa shape index (κ3) is 3.66. The van der Waals surface area contributed by atoms with Gasteiger partial charge in [-0.25, -0.2) is 4.98 Å². The highest BCUT2D eigenvalue weighted by atomic mass is 16.5. The van der Waals surface area contributed by atoms with Gasteiger partial charge in [-0.2, -0.15) is 0 Å². The van der Waals surface area contributed by atoms with Crippen molar-refractivity contribution in [3.8, 4) is 5.75 Å². The second-order valence-electron chi connectivity index (χ2n) is 6.49. The summed E-state index contributed by atoms with van der Waals surface area (Å²) in [7, 11) is 4.79. The summed E-state index contributed by atoms with van der Waals surface area (Å²) in [5, 5.41) is 3.59. The van der Waals surface area contributed by atoms with Crippen molar-refractivity contribution in [1.29, 1.82) is 0 Å². The van der Waals surface area contributed by atoms with E-state index in [0.717, 1.165) is 5.56 Å². The Morgan fingerprint density at radius 3 is 2.64 bits per heavy atom. The number of hydrogen-bond acceptors (Lipinski definition) is 7. The Morgan fingerprint density at radius 1 is 1.32 bits per heavy atom. The molecule has 0 saturated heterocycles. The minimum absolute atomic E-state index is 0.00564. The number of aromatic nitrogens is 3. The fraction of sp³-hybridized carbons (Fsp3) is 0.300. The van der Waals surface area contributed by atoms with E-state index in [9.17, 15) is 9.59 Å². The van der Waals surface area contributed by atoms with Crippen LogP contribution in [-0.4, -0.2) is 34.6 Å². The summed E-state index contributed by atoms with van der Waals surface area (Å²) in [5.41, 5.74) is 1.23. The molecule has 0 saturated carbocycles. The number of hydrogen-bond donors (Lipinski definition) is 0. The quantitative estimate of drug-likeness (QED) is 0.580. The Kier molecular flexibility index (Phi) is 5.58. The van der Waals surface area contributed by atoms with Gasteiger partial charge in [0.1, 0.15) is 6.26 Å². The second-order valence-corrected chi connectivity index (χ2v) is 6.49. The van der Waals surface area contributed by atoms with Crippen LogP contribution in [0.4, 0.5) is 5.95 Å². The SMILES string of the molecule is COc1c(C(=O)Cc2cnoc2)nc(N(C)[C@@H](C)c2ccccc2)n(C)c1=O. The van der Waals surface area contributed by atoms with E-state index in [0.29, 0.717) is 11.5 Å². The number of carbonyl (C=O) groups excluding carboxylic acids is 1. The molecule has 0 amide bonds. The normalized spacial score (nSPS) is 11.9.